The molecule has 2 rings (SSSR count). The van der Waals surface area contributed by atoms with Crippen molar-refractivity contribution in [3.63, 3.8) is 0 Å². The van der Waals surface area contributed by atoms with Gasteiger partial charge in [0.15, 0.2) is 0 Å². The molecule has 2 N–H and O–H groups in total. The van der Waals surface area contributed by atoms with Crippen LogP contribution in [0.2, 0.25) is 0 Å². The highest BCUT2D eigenvalue weighted by molar-refractivity contribution is 9.10. The lowest BCUT2D eigenvalue weighted by molar-refractivity contribution is -0.124. The van der Waals surface area contributed by atoms with Crippen LogP contribution in [0.1, 0.15) is 11.6 Å². The Labute approximate surface area is 91.0 Å². The molecule has 0 spiro atoms. The summed E-state index contributed by atoms with van der Waals surface area (Å²) < 4.78 is 0.996. The standard InChI is InChI=1S/C10H11BrN2O/c11-8-3-1-2-7(6-8)9-10(14)13-5-4-12-9/h1-3,6,9,12H,4-5H2,(H,13,14)/t9-/m0/s1. The molecule has 3 nitrogen and oxygen atoms in total. The highest BCUT2D eigenvalue weighted by Gasteiger charge is 2.22. The predicted octanol–water partition coefficient (Wildman–Crippen LogP) is 1.21. The first-order valence-electron chi connectivity index (χ1n) is 4.54. The summed E-state index contributed by atoms with van der Waals surface area (Å²) >= 11 is 3.39. The average molecular weight is 255 g/mol. The second-order valence-corrected chi connectivity index (χ2v) is 4.15. The van der Waals surface area contributed by atoms with Crippen LogP contribution in [0.25, 0.3) is 0 Å². The lowest BCUT2D eigenvalue weighted by atomic mass is 10.1. The molecule has 1 fully saturated rings. The molecule has 1 aliphatic heterocycles. The van der Waals surface area contributed by atoms with Crippen LogP contribution < -0.4 is 10.6 Å². The van der Waals surface area contributed by atoms with Gasteiger partial charge < -0.3 is 10.6 Å². The zero-order valence-corrected chi connectivity index (χ0v) is 9.17. The van der Waals surface area contributed by atoms with Crippen molar-refractivity contribution < 1.29 is 4.79 Å². The van der Waals surface area contributed by atoms with Gasteiger partial charge in [0.25, 0.3) is 0 Å². The normalized spacial score (nSPS) is 21.8. The van der Waals surface area contributed by atoms with Crippen molar-refractivity contribution in [1.82, 2.24) is 10.6 Å². The summed E-state index contributed by atoms with van der Waals surface area (Å²) in [5.41, 5.74) is 0.997. The number of piperazine rings is 1. The van der Waals surface area contributed by atoms with Crippen molar-refractivity contribution >= 4 is 21.8 Å². The Morgan fingerprint density at radius 1 is 1.36 bits per heavy atom. The molecule has 1 aromatic carbocycles. The summed E-state index contributed by atoms with van der Waals surface area (Å²) in [6, 6.07) is 7.59. The van der Waals surface area contributed by atoms with E-state index in [2.05, 4.69) is 26.6 Å². The fourth-order valence-corrected chi connectivity index (χ4v) is 1.97. The molecule has 1 heterocycles. The molecule has 4 heteroatoms. The van der Waals surface area contributed by atoms with Crippen LogP contribution in [0.15, 0.2) is 28.7 Å². The first-order chi connectivity index (χ1) is 6.77. The van der Waals surface area contributed by atoms with Crippen molar-refractivity contribution in [2.24, 2.45) is 0 Å². The third-order valence-corrected chi connectivity index (χ3v) is 2.71. The molecule has 1 aliphatic rings. The minimum Gasteiger partial charge on any atom is -0.353 e. The Hall–Kier alpha value is -0.870. The molecule has 0 unspecified atom stereocenters. The lowest BCUT2D eigenvalue weighted by Gasteiger charge is -2.23. The van der Waals surface area contributed by atoms with E-state index in [0.717, 1.165) is 16.6 Å². The Bertz CT molecular complexity index is 354. The number of hydrogen-bond donors (Lipinski definition) is 2. The first-order valence-corrected chi connectivity index (χ1v) is 5.33. The first kappa shape index (κ1) is 9.68. The van der Waals surface area contributed by atoms with Crippen molar-refractivity contribution in [1.29, 1.82) is 0 Å². The third-order valence-electron chi connectivity index (χ3n) is 2.22. The van der Waals surface area contributed by atoms with E-state index in [1.165, 1.54) is 0 Å². The van der Waals surface area contributed by atoms with Gasteiger partial charge in [-0.05, 0) is 17.7 Å². The van der Waals surface area contributed by atoms with Crippen LogP contribution in [0, 0.1) is 0 Å². The minimum absolute atomic E-state index is 0.0503. The van der Waals surface area contributed by atoms with Gasteiger partial charge in [-0.1, -0.05) is 28.1 Å². The number of carbonyl (C=O) groups is 1. The fourth-order valence-electron chi connectivity index (χ4n) is 1.55. The van der Waals surface area contributed by atoms with Gasteiger partial charge in [-0.2, -0.15) is 0 Å². The zero-order valence-electron chi connectivity index (χ0n) is 7.59. The van der Waals surface area contributed by atoms with Crippen molar-refractivity contribution in [3.05, 3.63) is 34.3 Å². The van der Waals surface area contributed by atoms with E-state index < -0.39 is 0 Å². The smallest absolute Gasteiger partial charge is 0.241 e. The van der Waals surface area contributed by atoms with Gasteiger partial charge in [-0.3, -0.25) is 4.79 Å². The van der Waals surface area contributed by atoms with Crippen LogP contribution in [0.4, 0.5) is 0 Å². The second-order valence-electron chi connectivity index (χ2n) is 3.23. The highest BCUT2D eigenvalue weighted by atomic mass is 79.9. The predicted molar refractivity (Wildman–Crippen MR) is 57.9 cm³/mol. The number of hydrogen-bond acceptors (Lipinski definition) is 2. The van der Waals surface area contributed by atoms with Gasteiger partial charge in [0.1, 0.15) is 6.04 Å². The number of halogens is 1. The maximum absolute atomic E-state index is 11.5. The van der Waals surface area contributed by atoms with E-state index in [4.69, 9.17) is 0 Å². The van der Waals surface area contributed by atoms with Crippen LogP contribution in [-0.2, 0) is 4.79 Å². The van der Waals surface area contributed by atoms with Gasteiger partial charge in [0, 0.05) is 17.6 Å². The van der Waals surface area contributed by atoms with Crippen LogP contribution in [-0.4, -0.2) is 19.0 Å². The number of carbonyl (C=O) groups excluding carboxylic acids is 1. The molecule has 0 saturated carbocycles. The zero-order chi connectivity index (χ0) is 9.97. The molecular weight excluding hydrogens is 244 g/mol. The Balaban J connectivity index is 2.24. The summed E-state index contributed by atoms with van der Waals surface area (Å²) in [5.74, 6) is 0.0503. The monoisotopic (exact) mass is 254 g/mol. The molecule has 0 aliphatic carbocycles. The molecule has 14 heavy (non-hydrogen) atoms. The van der Waals surface area contributed by atoms with Crippen molar-refractivity contribution in [2.75, 3.05) is 13.1 Å². The highest BCUT2D eigenvalue weighted by Crippen LogP contribution is 2.19. The van der Waals surface area contributed by atoms with E-state index in [9.17, 15) is 4.79 Å². The van der Waals surface area contributed by atoms with Gasteiger partial charge in [0.2, 0.25) is 5.91 Å². The van der Waals surface area contributed by atoms with Gasteiger partial charge in [-0.25, -0.2) is 0 Å². The Kier molecular flexibility index (Phi) is 2.84. The summed E-state index contributed by atoms with van der Waals surface area (Å²) in [6.07, 6.45) is 0. The van der Waals surface area contributed by atoms with Gasteiger partial charge >= 0.3 is 0 Å². The third kappa shape index (κ3) is 1.96. The molecule has 1 atom stereocenters. The molecule has 1 aromatic rings. The number of nitrogens with one attached hydrogen (secondary N) is 2. The van der Waals surface area contributed by atoms with Crippen molar-refractivity contribution in [2.45, 2.75) is 6.04 Å². The molecular formula is C10H11BrN2O. The summed E-state index contributed by atoms with van der Waals surface area (Å²) in [6.45, 7) is 1.53. The van der Waals surface area contributed by atoms with E-state index >= 15 is 0 Å². The van der Waals surface area contributed by atoms with E-state index in [1.54, 1.807) is 0 Å². The van der Waals surface area contributed by atoms with Crippen LogP contribution in [0.5, 0.6) is 0 Å². The molecule has 0 radical (unpaired) electrons. The number of amides is 1. The van der Waals surface area contributed by atoms with Crippen LogP contribution in [0.3, 0.4) is 0 Å². The maximum Gasteiger partial charge on any atom is 0.241 e. The Morgan fingerprint density at radius 3 is 2.93 bits per heavy atom. The summed E-state index contributed by atoms with van der Waals surface area (Å²) in [4.78, 5) is 11.5. The molecule has 1 amide bonds. The number of rotatable bonds is 1. The molecule has 0 aromatic heterocycles. The van der Waals surface area contributed by atoms with E-state index in [0.29, 0.717) is 6.54 Å². The fraction of sp³-hybridized carbons (Fsp3) is 0.300. The van der Waals surface area contributed by atoms with E-state index in [1.807, 2.05) is 24.3 Å². The lowest BCUT2D eigenvalue weighted by Crippen LogP contribution is -2.47. The number of benzene rings is 1. The molecule has 74 valence electrons. The second kappa shape index (κ2) is 4.11. The molecule has 1 saturated heterocycles. The summed E-state index contributed by atoms with van der Waals surface area (Å²) in [5, 5.41) is 6.01. The average Bonchev–Trinajstić information content (AvgIpc) is 2.18. The Morgan fingerprint density at radius 2 is 2.21 bits per heavy atom. The largest absolute Gasteiger partial charge is 0.353 e. The quantitative estimate of drug-likeness (QED) is 0.792. The maximum atomic E-state index is 11.5. The van der Waals surface area contributed by atoms with Gasteiger partial charge in [0.05, 0.1) is 0 Å². The molecule has 0 bridgehead atoms. The minimum atomic E-state index is -0.207. The van der Waals surface area contributed by atoms with E-state index in [-0.39, 0.29) is 11.9 Å². The summed E-state index contributed by atoms with van der Waals surface area (Å²) in [7, 11) is 0. The van der Waals surface area contributed by atoms with Crippen LogP contribution >= 0.6 is 15.9 Å². The SMILES string of the molecule is O=C1NCCN[C@H]1c1cccc(Br)c1. The van der Waals surface area contributed by atoms with Gasteiger partial charge in [-0.15, -0.1) is 0 Å². The van der Waals surface area contributed by atoms with Crippen molar-refractivity contribution in [3.8, 4) is 0 Å². The topological polar surface area (TPSA) is 41.1 Å².